The number of hydrogen-bond acceptors (Lipinski definition) is 1. The maximum atomic E-state index is 8.95. The minimum Gasteiger partial charge on any atom is -0.192 e. The van der Waals surface area contributed by atoms with Crippen LogP contribution in [-0.2, 0) is 19.3 Å². The van der Waals surface area contributed by atoms with Crippen molar-refractivity contribution in [3.63, 3.8) is 0 Å². The summed E-state index contributed by atoms with van der Waals surface area (Å²) < 4.78 is 0. The molecule has 1 aliphatic carbocycles. The third kappa shape index (κ3) is 4.73. The third-order valence-electron chi connectivity index (χ3n) is 5.53. The molecule has 2 aromatic carbocycles. The van der Waals surface area contributed by atoms with Crippen molar-refractivity contribution < 1.29 is 0 Å². The van der Waals surface area contributed by atoms with Crippen LogP contribution in [0.1, 0.15) is 79.2 Å². The van der Waals surface area contributed by atoms with Gasteiger partial charge < -0.3 is 0 Å². The number of benzene rings is 2. The van der Waals surface area contributed by atoms with E-state index >= 15 is 0 Å². The van der Waals surface area contributed by atoms with Gasteiger partial charge in [0.1, 0.15) is 0 Å². The van der Waals surface area contributed by atoms with E-state index in [0.717, 1.165) is 18.4 Å². The molecule has 0 bridgehead atoms. The molecule has 1 aliphatic rings. The Bertz CT molecular complexity index is 721. The first-order valence-corrected chi connectivity index (χ1v) is 9.91. The SMILES string of the molecule is CCCCCCCCc1ccc2c(c1)CC(c1ccc(C#N)cc1)C2. The molecule has 0 saturated heterocycles. The lowest BCUT2D eigenvalue weighted by Crippen LogP contribution is -1.97. The monoisotopic (exact) mass is 331 g/mol. The average Bonchev–Trinajstić information content (AvgIpc) is 3.08. The first-order valence-electron chi connectivity index (χ1n) is 9.91. The molecule has 2 aromatic rings. The normalized spacial score (nSPS) is 15.8. The first kappa shape index (κ1) is 17.7. The highest BCUT2D eigenvalue weighted by molar-refractivity contribution is 5.41. The molecular formula is C24H29N. The fraction of sp³-hybridized carbons (Fsp3) is 0.458. The Balaban J connectivity index is 1.54. The van der Waals surface area contributed by atoms with Crippen molar-refractivity contribution in [2.45, 2.75) is 70.6 Å². The molecule has 0 aromatic heterocycles. The van der Waals surface area contributed by atoms with Gasteiger partial charge in [-0.25, -0.2) is 0 Å². The summed E-state index contributed by atoms with van der Waals surface area (Å²) in [5.41, 5.74) is 6.68. The van der Waals surface area contributed by atoms with Gasteiger partial charge in [-0.1, -0.05) is 69.4 Å². The Kier molecular flexibility index (Phi) is 6.29. The van der Waals surface area contributed by atoms with Crippen molar-refractivity contribution in [1.29, 1.82) is 5.26 Å². The average molecular weight is 332 g/mol. The molecule has 0 radical (unpaired) electrons. The van der Waals surface area contributed by atoms with Crippen LogP contribution in [0, 0.1) is 11.3 Å². The topological polar surface area (TPSA) is 23.8 Å². The van der Waals surface area contributed by atoms with Crippen molar-refractivity contribution in [2.75, 3.05) is 0 Å². The van der Waals surface area contributed by atoms with Crippen LogP contribution in [0.25, 0.3) is 0 Å². The van der Waals surface area contributed by atoms with E-state index in [1.807, 2.05) is 12.1 Å². The molecule has 0 spiro atoms. The van der Waals surface area contributed by atoms with Crippen LogP contribution in [0.5, 0.6) is 0 Å². The molecule has 1 atom stereocenters. The molecule has 1 unspecified atom stereocenters. The van der Waals surface area contributed by atoms with E-state index in [2.05, 4.69) is 43.3 Å². The Labute approximate surface area is 152 Å². The van der Waals surface area contributed by atoms with Gasteiger partial charge in [0.25, 0.3) is 0 Å². The molecule has 1 nitrogen and oxygen atoms in total. The van der Waals surface area contributed by atoms with Crippen molar-refractivity contribution in [3.8, 4) is 6.07 Å². The number of nitrogens with zero attached hydrogens (tertiary/aromatic N) is 1. The molecule has 0 heterocycles. The van der Waals surface area contributed by atoms with Gasteiger partial charge in [-0.2, -0.15) is 5.26 Å². The summed E-state index contributed by atoms with van der Waals surface area (Å²) in [4.78, 5) is 0. The minimum absolute atomic E-state index is 0.576. The molecule has 0 aliphatic heterocycles. The largest absolute Gasteiger partial charge is 0.192 e. The number of aryl methyl sites for hydroxylation is 1. The van der Waals surface area contributed by atoms with E-state index in [0.29, 0.717) is 5.92 Å². The Hall–Kier alpha value is -2.07. The molecule has 3 rings (SSSR count). The zero-order chi connectivity index (χ0) is 17.5. The van der Waals surface area contributed by atoms with E-state index in [9.17, 15) is 0 Å². The van der Waals surface area contributed by atoms with Crippen LogP contribution < -0.4 is 0 Å². The number of unbranched alkanes of at least 4 members (excludes halogenated alkanes) is 5. The Morgan fingerprint density at radius 2 is 1.60 bits per heavy atom. The van der Waals surface area contributed by atoms with Crippen LogP contribution in [0.15, 0.2) is 42.5 Å². The van der Waals surface area contributed by atoms with E-state index in [4.69, 9.17) is 5.26 Å². The van der Waals surface area contributed by atoms with Crippen molar-refractivity contribution in [1.82, 2.24) is 0 Å². The Morgan fingerprint density at radius 3 is 2.36 bits per heavy atom. The van der Waals surface area contributed by atoms with Gasteiger partial charge in [0.15, 0.2) is 0 Å². The van der Waals surface area contributed by atoms with Crippen molar-refractivity contribution in [2.24, 2.45) is 0 Å². The van der Waals surface area contributed by atoms with Gasteiger partial charge in [-0.05, 0) is 66.0 Å². The quantitative estimate of drug-likeness (QED) is 0.517. The predicted octanol–water partition coefficient (Wildman–Crippen LogP) is 6.34. The highest BCUT2D eigenvalue weighted by Crippen LogP contribution is 2.34. The molecule has 0 fully saturated rings. The lowest BCUT2D eigenvalue weighted by atomic mass is 9.95. The fourth-order valence-corrected chi connectivity index (χ4v) is 4.00. The summed E-state index contributed by atoms with van der Waals surface area (Å²) in [6, 6.07) is 17.5. The van der Waals surface area contributed by atoms with Crippen LogP contribution in [-0.4, -0.2) is 0 Å². The molecule has 0 saturated carbocycles. The van der Waals surface area contributed by atoms with Crippen LogP contribution in [0.4, 0.5) is 0 Å². The van der Waals surface area contributed by atoms with Gasteiger partial charge in [-0.15, -0.1) is 0 Å². The highest BCUT2D eigenvalue weighted by atomic mass is 14.3. The summed E-state index contributed by atoms with van der Waals surface area (Å²) in [7, 11) is 0. The first-order chi connectivity index (χ1) is 12.3. The molecule has 1 heteroatoms. The minimum atomic E-state index is 0.576. The second-order valence-electron chi connectivity index (χ2n) is 7.46. The van der Waals surface area contributed by atoms with E-state index in [1.165, 1.54) is 67.2 Å². The second kappa shape index (κ2) is 8.86. The molecule has 0 amide bonds. The number of rotatable bonds is 8. The van der Waals surface area contributed by atoms with Crippen molar-refractivity contribution in [3.05, 3.63) is 70.3 Å². The van der Waals surface area contributed by atoms with Crippen LogP contribution >= 0.6 is 0 Å². The standard InChI is InChI=1S/C24H29N/c1-2-3-4-5-6-7-8-19-9-14-22-16-24(17-23(22)15-19)21-12-10-20(18-25)11-13-21/h9-15,24H,2-8,16-17H2,1H3. The summed E-state index contributed by atoms with van der Waals surface area (Å²) in [5, 5.41) is 8.95. The molecule has 0 N–H and O–H groups in total. The highest BCUT2D eigenvalue weighted by Gasteiger charge is 2.22. The Morgan fingerprint density at radius 1 is 0.880 bits per heavy atom. The van der Waals surface area contributed by atoms with Gasteiger partial charge in [0.2, 0.25) is 0 Å². The number of nitriles is 1. The van der Waals surface area contributed by atoms with Crippen molar-refractivity contribution >= 4 is 0 Å². The molecule has 25 heavy (non-hydrogen) atoms. The summed E-state index contributed by atoms with van der Waals surface area (Å²) >= 11 is 0. The number of hydrogen-bond donors (Lipinski definition) is 0. The smallest absolute Gasteiger partial charge is 0.0991 e. The zero-order valence-electron chi connectivity index (χ0n) is 15.4. The van der Waals surface area contributed by atoms with Gasteiger partial charge in [0.05, 0.1) is 11.6 Å². The van der Waals surface area contributed by atoms with Crippen LogP contribution in [0.2, 0.25) is 0 Å². The number of fused-ring (bicyclic) bond motifs is 1. The maximum absolute atomic E-state index is 8.95. The summed E-state index contributed by atoms with van der Waals surface area (Å²) in [5.74, 6) is 0.576. The van der Waals surface area contributed by atoms with E-state index in [1.54, 1.807) is 0 Å². The second-order valence-corrected chi connectivity index (χ2v) is 7.46. The van der Waals surface area contributed by atoms with E-state index < -0.39 is 0 Å². The van der Waals surface area contributed by atoms with Crippen LogP contribution in [0.3, 0.4) is 0 Å². The third-order valence-corrected chi connectivity index (χ3v) is 5.53. The lowest BCUT2D eigenvalue weighted by molar-refractivity contribution is 0.607. The van der Waals surface area contributed by atoms with Gasteiger partial charge >= 0.3 is 0 Å². The van der Waals surface area contributed by atoms with Gasteiger partial charge in [0, 0.05) is 0 Å². The lowest BCUT2D eigenvalue weighted by Gasteiger charge is -2.09. The predicted molar refractivity (Wildman–Crippen MR) is 105 cm³/mol. The maximum Gasteiger partial charge on any atom is 0.0991 e. The molecular weight excluding hydrogens is 302 g/mol. The molecule has 130 valence electrons. The zero-order valence-corrected chi connectivity index (χ0v) is 15.4. The fourth-order valence-electron chi connectivity index (χ4n) is 4.00. The summed E-state index contributed by atoms with van der Waals surface area (Å²) in [6.45, 7) is 2.27. The summed E-state index contributed by atoms with van der Waals surface area (Å²) in [6.07, 6.45) is 11.7. The van der Waals surface area contributed by atoms with Gasteiger partial charge in [-0.3, -0.25) is 0 Å². The van der Waals surface area contributed by atoms with E-state index in [-0.39, 0.29) is 0 Å².